The third-order valence-corrected chi connectivity index (χ3v) is 4.13. The van der Waals surface area contributed by atoms with Crippen LogP contribution in [0, 0.1) is 0 Å². The van der Waals surface area contributed by atoms with Crippen LogP contribution in [0.1, 0.15) is 18.4 Å². The Morgan fingerprint density at radius 2 is 2.31 bits per heavy atom. The minimum absolute atomic E-state index is 0.544. The Morgan fingerprint density at radius 1 is 1.50 bits per heavy atom. The van der Waals surface area contributed by atoms with Crippen molar-refractivity contribution in [3.8, 4) is 0 Å². The molecule has 1 aliphatic rings. The van der Waals surface area contributed by atoms with E-state index in [1.807, 2.05) is 12.1 Å². The first-order valence-electron chi connectivity index (χ1n) is 5.58. The van der Waals surface area contributed by atoms with E-state index in [9.17, 15) is 0 Å². The third kappa shape index (κ3) is 2.77. The maximum absolute atomic E-state index is 5.93. The van der Waals surface area contributed by atoms with Crippen LogP contribution in [0.15, 0.2) is 22.7 Å². The first-order valence-corrected chi connectivity index (χ1v) is 6.76. The van der Waals surface area contributed by atoms with Gasteiger partial charge in [-0.05, 0) is 37.1 Å². The van der Waals surface area contributed by atoms with Crippen LogP contribution in [0.25, 0.3) is 0 Å². The van der Waals surface area contributed by atoms with Crippen LogP contribution in [0.2, 0.25) is 5.02 Å². The van der Waals surface area contributed by atoms with E-state index in [2.05, 4.69) is 26.9 Å². The SMILES string of the molecule is NCC1CCCN1Cc1ccc(Cl)cc1Br. The predicted octanol–water partition coefficient (Wildman–Crippen LogP) is 3.03. The zero-order valence-corrected chi connectivity index (χ0v) is 11.5. The van der Waals surface area contributed by atoms with E-state index in [-0.39, 0.29) is 0 Å². The fourth-order valence-electron chi connectivity index (χ4n) is 2.24. The second kappa shape index (κ2) is 5.50. The van der Waals surface area contributed by atoms with Crippen molar-refractivity contribution in [3.63, 3.8) is 0 Å². The highest BCUT2D eigenvalue weighted by Gasteiger charge is 2.23. The summed E-state index contributed by atoms with van der Waals surface area (Å²) in [5.74, 6) is 0. The fourth-order valence-corrected chi connectivity index (χ4v) is 3.05. The fraction of sp³-hybridized carbons (Fsp3) is 0.500. The summed E-state index contributed by atoms with van der Waals surface area (Å²) in [6, 6.07) is 6.51. The molecule has 4 heteroatoms. The van der Waals surface area contributed by atoms with Gasteiger partial charge in [0.2, 0.25) is 0 Å². The van der Waals surface area contributed by atoms with Crippen LogP contribution in [-0.2, 0) is 6.54 Å². The summed E-state index contributed by atoms with van der Waals surface area (Å²) in [5.41, 5.74) is 7.05. The van der Waals surface area contributed by atoms with E-state index < -0.39 is 0 Å². The molecule has 1 aromatic rings. The first kappa shape index (κ1) is 12.4. The van der Waals surface area contributed by atoms with Gasteiger partial charge in [-0.1, -0.05) is 33.6 Å². The smallest absolute Gasteiger partial charge is 0.0417 e. The van der Waals surface area contributed by atoms with Crippen LogP contribution in [0.4, 0.5) is 0 Å². The number of halogens is 2. The summed E-state index contributed by atoms with van der Waals surface area (Å²) >= 11 is 9.48. The number of hydrogen-bond acceptors (Lipinski definition) is 2. The van der Waals surface area contributed by atoms with E-state index in [4.69, 9.17) is 17.3 Å². The van der Waals surface area contributed by atoms with E-state index >= 15 is 0 Å². The van der Waals surface area contributed by atoms with Crippen molar-refractivity contribution in [2.24, 2.45) is 5.73 Å². The molecule has 0 saturated carbocycles. The second-order valence-electron chi connectivity index (χ2n) is 4.24. The maximum Gasteiger partial charge on any atom is 0.0417 e. The van der Waals surface area contributed by atoms with Gasteiger partial charge in [-0.25, -0.2) is 0 Å². The molecule has 0 aromatic heterocycles. The predicted molar refractivity (Wildman–Crippen MR) is 71.6 cm³/mol. The zero-order valence-electron chi connectivity index (χ0n) is 9.13. The molecule has 1 saturated heterocycles. The van der Waals surface area contributed by atoms with Crippen molar-refractivity contribution in [1.82, 2.24) is 4.90 Å². The minimum Gasteiger partial charge on any atom is -0.329 e. The van der Waals surface area contributed by atoms with Crippen molar-refractivity contribution in [2.45, 2.75) is 25.4 Å². The highest BCUT2D eigenvalue weighted by Crippen LogP contribution is 2.25. The summed E-state index contributed by atoms with van der Waals surface area (Å²) < 4.78 is 1.09. The third-order valence-electron chi connectivity index (χ3n) is 3.16. The molecule has 2 rings (SSSR count). The standard InChI is InChI=1S/C12H16BrClN2/c13-12-6-10(14)4-3-9(12)8-16-5-1-2-11(16)7-15/h3-4,6,11H,1-2,5,7-8,15H2. The largest absolute Gasteiger partial charge is 0.329 e. The van der Waals surface area contributed by atoms with Crippen LogP contribution < -0.4 is 5.73 Å². The average molecular weight is 304 g/mol. The molecule has 2 N–H and O–H groups in total. The van der Waals surface area contributed by atoms with Crippen molar-refractivity contribution in [3.05, 3.63) is 33.3 Å². The van der Waals surface area contributed by atoms with E-state index in [0.29, 0.717) is 6.04 Å². The highest BCUT2D eigenvalue weighted by molar-refractivity contribution is 9.10. The lowest BCUT2D eigenvalue weighted by Gasteiger charge is -2.23. The van der Waals surface area contributed by atoms with Gasteiger partial charge in [-0.2, -0.15) is 0 Å². The van der Waals surface area contributed by atoms with Gasteiger partial charge in [0, 0.05) is 28.6 Å². The average Bonchev–Trinajstić information content (AvgIpc) is 2.69. The highest BCUT2D eigenvalue weighted by atomic mass is 79.9. The van der Waals surface area contributed by atoms with Gasteiger partial charge in [0.05, 0.1) is 0 Å². The summed E-state index contributed by atoms with van der Waals surface area (Å²) in [6.07, 6.45) is 2.48. The van der Waals surface area contributed by atoms with Crippen LogP contribution in [0.5, 0.6) is 0 Å². The van der Waals surface area contributed by atoms with E-state index in [0.717, 1.165) is 29.1 Å². The van der Waals surface area contributed by atoms with Crippen molar-refractivity contribution in [2.75, 3.05) is 13.1 Å². The van der Waals surface area contributed by atoms with Crippen LogP contribution >= 0.6 is 27.5 Å². The molecule has 1 unspecified atom stereocenters. The van der Waals surface area contributed by atoms with Crippen molar-refractivity contribution in [1.29, 1.82) is 0 Å². The van der Waals surface area contributed by atoms with Gasteiger partial charge >= 0.3 is 0 Å². The lowest BCUT2D eigenvalue weighted by molar-refractivity contribution is 0.250. The molecule has 0 radical (unpaired) electrons. The molecule has 1 fully saturated rings. The molecule has 0 amide bonds. The summed E-state index contributed by atoms with van der Waals surface area (Å²) in [4.78, 5) is 2.45. The Labute approximate surface area is 110 Å². The van der Waals surface area contributed by atoms with Crippen molar-refractivity contribution < 1.29 is 0 Å². The quantitative estimate of drug-likeness (QED) is 0.930. The van der Waals surface area contributed by atoms with Crippen LogP contribution in [-0.4, -0.2) is 24.0 Å². The molecule has 88 valence electrons. The number of nitrogens with two attached hydrogens (primary N) is 1. The molecule has 0 aliphatic carbocycles. The van der Waals surface area contributed by atoms with Gasteiger partial charge < -0.3 is 5.73 Å². The summed E-state index contributed by atoms with van der Waals surface area (Å²) in [7, 11) is 0. The Balaban J connectivity index is 2.08. The Morgan fingerprint density at radius 3 is 3.00 bits per heavy atom. The van der Waals surface area contributed by atoms with Crippen molar-refractivity contribution >= 4 is 27.5 Å². The molecule has 0 bridgehead atoms. The number of nitrogens with zero attached hydrogens (tertiary/aromatic N) is 1. The second-order valence-corrected chi connectivity index (χ2v) is 5.53. The molecular formula is C12H16BrClN2. The van der Waals surface area contributed by atoms with Gasteiger partial charge in [-0.3, -0.25) is 4.90 Å². The normalized spacial score (nSPS) is 21.6. The molecule has 1 atom stereocenters. The number of rotatable bonds is 3. The Hall–Kier alpha value is -0.0900. The lowest BCUT2D eigenvalue weighted by atomic mass is 10.2. The van der Waals surface area contributed by atoms with Gasteiger partial charge in [0.15, 0.2) is 0 Å². The van der Waals surface area contributed by atoms with E-state index in [1.165, 1.54) is 18.4 Å². The summed E-state index contributed by atoms with van der Waals surface area (Å²) in [5, 5.41) is 0.771. The van der Waals surface area contributed by atoms with E-state index in [1.54, 1.807) is 0 Å². The molecule has 2 nitrogen and oxygen atoms in total. The molecule has 16 heavy (non-hydrogen) atoms. The number of hydrogen-bond donors (Lipinski definition) is 1. The van der Waals surface area contributed by atoms with Gasteiger partial charge in [-0.15, -0.1) is 0 Å². The number of benzene rings is 1. The summed E-state index contributed by atoms with van der Waals surface area (Å²) in [6.45, 7) is 2.86. The molecule has 0 spiro atoms. The first-order chi connectivity index (χ1) is 7.70. The lowest BCUT2D eigenvalue weighted by Crippen LogP contribution is -2.34. The Kier molecular flexibility index (Phi) is 4.25. The number of likely N-dealkylation sites (tertiary alicyclic amines) is 1. The monoisotopic (exact) mass is 302 g/mol. The maximum atomic E-state index is 5.93. The van der Waals surface area contributed by atoms with Crippen LogP contribution in [0.3, 0.4) is 0 Å². The molecule has 1 aliphatic heterocycles. The molecule has 1 heterocycles. The Bertz CT molecular complexity index is 370. The topological polar surface area (TPSA) is 29.3 Å². The molecule has 1 aromatic carbocycles. The van der Waals surface area contributed by atoms with Gasteiger partial charge in [0.25, 0.3) is 0 Å². The molecular weight excluding hydrogens is 288 g/mol. The van der Waals surface area contributed by atoms with Gasteiger partial charge in [0.1, 0.15) is 0 Å². The zero-order chi connectivity index (χ0) is 11.5. The minimum atomic E-state index is 0.544.